The van der Waals surface area contributed by atoms with E-state index in [-0.39, 0.29) is 29.4 Å². The lowest BCUT2D eigenvalue weighted by Gasteiger charge is -2.38. The Labute approximate surface area is 186 Å². The van der Waals surface area contributed by atoms with E-state index in [2.05, 4.69) is 78.2 Å². The maximum absolute atomic E-state index is 5.88. The van der Waals surface area contributed by atoms with Gasteiger partial charge in [0.15, 0.2) is 5.96 Å². The molecule has 1 saturated heterocycles. The molecule has 3 rings (SSSR count). The van der Waals surface area contributed by atoms with Gasteiger partial charge >= 0.3 is 0 Å². The van der Waals surface area contributed by atoms with Gasteiger partial charge in [-0.05, 0) is 23.8 Å². The molecule has 154 valence electrons. The number of oxazole rings is 1. The van der Waals surface area contributed by atoms with Gasteiger partial charge in [-0.1, -0.05) is 58.0 Å². The molecule has 0 aliphatic carbocycles. The Morgan fingerprint density at radius 3 is 2.57 bits per heavy atom. The van der Waals surface area contributed by atoms with Crippen LogP contribution in [0.1, 0.15) is 57.2 Å². The number of halogens is 1. The Morgan fingerprint density at radius 2 is 2.00 bits per heavy atom. The van der Waals surface area contributed by atoms with E-state index in [9.17, 15) is 0 Å². The first kappa shape index (κ1) is 22.7. The van der Waals surface area contributed by atoms with Gasteiger partial charge in [0.2, 0.25) is 5.89 Å². The molecule has 1 aliphatic rings. The summed E-state index contributed by atoms with van der Waals surface area (Å²) in [5.74, 6) is 3.72. The van der Waals surface area contributed by atoms with Crippen molar-refractivity contribution in [3.05, 3.63) is 53.7 Å². The molecule has 2 heterocycles. The molecule has 0 spiro atoms. The zero-order valence-corrected chi connectivity index (χ0v) is 19.9. The summed E-state index contributed by atoms with van der Waals surface area (Å²) in [4.78, 5) is 11.2. The van der Waals surface area contributed by atoms with E-state index in [0.717, 1.165) is 31.2 Å². The zero-order chi connectivity index (χ0) is 19.4. The Kier molecular flexibility index (Phi) is 7.92. The Hall–Kier alpha value is -1.57. The van der Waals surface area contributed by atoms with Crippen LogP contribution in [0.3, 0.4) is 0 Å². The number of nitrogens with zero attached hydrogens (tertiary/aromatic N) is 3. The SMILES string of the molecule is CN=C(NCc1ncc(C(C)(C)C)o1)N1CCC(c2ccccc2)C(C)C1.I. The highest BCUT2D eigenvalue weighted by molar-refractivity contribution is 14.0. The van der Waals surface area contributed by atoms with Crippen LogP contribution in [0.5, 0.6) is 0 Å². The normalized spacial score (nSPS) is 20.6. The zero-order valence-electron chi connectivity index (χ0n) is 17.6. The number of hydrogen-bond acceptors (Lipinski definition) is 3. The lowest BCUT2D eigenvalue weighted by Crippen LogP contribution is -2.47. The second-order valence-corrected chi connectivity index (χ2v) is 8.50. The number of rotatable bonds is 3. The average molecular weight is 496 g/mol. The van der Waals surface area contributed by atoms with Gasteiger partial charge in [0.25, 0.3) is 0 Å². The van der Waals surface area contributed by atoms with Crippen LogP contribution in [-0.4, -0.2) is 36.0 Å². The van der Waals surface area contributed by atoms with Crippen molar-refractivity contribution < 1.29 is 4.42 Å². The van der Waals surface area contributed by atoms with Gasteiger partial charge in [-0.15, -0.1) is 24.0 Å². The van der Waals surface area contributed by atoms with Crippen molar-refractivity contribution in [3.8, 4) is 0 Å². The Bertz CT molecular complexity index is 766. The van der Waals surface area contributed by atoms with E-state index in [1.165, 1.54) is 5.56 Å². The van der Waals surface area contributed by atoms with Crippen molar-refractivity contribution >= 4 is 29.9 Å². The highest BCUT2D eigenvalue weighted by Gasteiger charge is 2.28. The largest absolute Gasteiger partial charge is 0.443 e. The van der Waals surface area contributed by atoms with E-state index >= 15 is 0 Å². The predicted molar refractivity (Wildman–Crippen MR) is 125 cm³/mol. The minimum absolute atomic E-state index is 0. The van der Waals surface area contributed by atoms with E-state index in [0.29, 0.717) is 24.3 Å². The highest BCUT2D eigenvalue weighted by Crippen LogP contribution is 2.32. The summed E-state index contributed by atoms with van der Waals surface area (Å²) in [6.07, 6.45) is 2.96. The van der Waals surface area contributed by atoms with Gasteiger partial charge in [0.1, 0.15) is 5.76 Å². The molecular weight excluding hydrogens is 463 g/mol. The number of nitrogens with one attached hydrogen (secondary N) is 1. The molecule has 28 heavy (non-hydrogen) atoms. The standard InChI is InChI=1S/C22H32N4O.HI/c1-16-15-26(12-11-18(16)17-9-7-6-8-10-17)21(23-5)25-14-20-24-13-19(27-20)22(2,3)4;/h6-10,13,16,18H,11-12,14-15H2,1-5H3,(H,23,25);1H. The van der Waals surface area contributed by atoms with Gasteiger partial charge in [-0.2, -0.15) is 0 Å². The van der Waals surface area contributed by atoms with Gasteiger partial charge in [0.05, 0.1) is 12.7 Å². The van der Waals surface area contributed by atoms with Crippen LogP contribution in [-0.2, 0) is 12.0 Å². The third-order valence-corrected chi connectivity index (χ3v) is 5.33. The van der Waals surface area contributed by atoms with Crippen LogP contribution in [0, 0.1) is 5.92 Å². The number of piperidine rings is 1. The molecule has 1 fully saturated rings. The first-order valence-electron chi connectivity index (χ1n) is 9.84. The fraction of sp³-hybridized carbons (Fsp3) is 0.545. The van der Waals surface area contributed by atoms with Crippen molar-refractivity contribution in [2.75, 3.05) is 20.1 Å². The number of aromatic nitrogens is 1. The monoisotopic (exact) mass is 496 g/mol. The topological polar surface area (TPSA) is 53.7 Å². The summed E-state index contributed by atoms with van der Waals surface area (Å²) < 4.78 is 5.88. The van der Waals surface area contributed by atoms with Crippen molar-refractivity contribution in [3.63, 3.8) is 0 Å². The van der Waals surface area contributed by atoms with Crippen LogP contribution >= 0.6 is 24.0 Å². The number of likely N-dealkylation sites (tertiary alicyclic amines) is 1. The Morgan fingerprint density at radius 1 is 1.29 bits per heavy atom. The molecule has 1 N–H and O–H groups in total. The number of benzene rings is 1. The summed E-state index contributed by atoms with van der Waals surface area (Å²) in [6.45, 7) is 11.3. The fourth-order valence-corrected chi connectivity index (χ4v) is 3.76. The summed E-state index contributed by atoms with van der Waals surface area (Å²) in [6, 6.07) is 10.9. The second kappa shape index (κ2) is 9.76. The quantitative estimate of drug-likeness (QED) is 0.377. The van der Waals surface area contributed by atoms with Gasteiger partial charge in [0, 0.05) is 25.6 Å². The van der Waals surface area contributed by atoms with Crippen LogP contribution in [0.4, 0.5) is 0 Å². The summed E-state index contributed by atoms with van der Waals surface area (Å²) in [5, 5.41) is 3.42. The second-order valence-electron chi connectivity index (χ2n) is 8.50. The molecule has 0 radical (unpaired) electrons. The number of guanidine groups is 1. The van der Waals surface area contributed by atoms with Crippen molar-refractivity contribution in [2.24, 2.45) is 10.9 Å². The van der Waals surface area contributed by atoms with E-state index in [1.54, 1.807) is 0 Å². The predicted octanol–water partition coefficient (Wildman–Crippen LogP) is 4.79. The summed E-state index contributed by atoms with van der Waals surface area (Å²) in [5.41, 5.74) is 1.42. The van der Waals surface area contributed by atoms with Crippen molar-refractivity contribution in [1.29, 1.82) is 0 Å². The molecule has 6 heteroatoms. The third kappa shape index (κ3) is 5.49. The molecule has 0 saturated carbocycles. The number of aliphatic imine (C=N–C) groups is 1. The smallest absolute Gasteiger partial charge is 0.213 e. The van der Waals surface area contributed by atoms with E-state index < -0.39 is 0 Å². The molecule has 0 amide bonds. The van der Waals surface area contributed by atoms with Crippen molar-refractivity contribution in [1.82, 2.24) is 15.2 Å². The number of hydrogen-bond donors (Lipinski definition) is 1. The fourth-order valence-electron chi connectivity index (χ4n) is 3.76. The van der Waals surface area contributed by atoms with Crippen LogP contribution in [0.15, 0.2) is 45.9 Å². The Balaban J connectivity index is 0.00000280. The van der Waals surface area contributed by atoms with Crippen LogP contribution in [0.25, 0.3) is 0 Å². The maximum Gasteiger partial charge on any atom is 0.213 e. The summed E-state index contributed by atoms with van der Waals surface area (Å²) in [7, 11) is 1.84. The molecule has 2 unspecified atom stereocenters. The molecule has 2 atom stereocenters. The molecular formula is C22H33IN4O. The van der Waals surface area contributed by atoms with Crippen LogP contribution < -0.4 is 5.32 Å². The van der Waals surface area contributed by atoms with E-state index in [1.807, 2.05) is 13.2 Å². The summed E-state index contributed by atoms with van der Waals surface area (Å²) >= 11 is 0. The first-order chi connectivity index (χ1) is 12.9. The highest BCUT2D eigenvalue weighted by atomic mass is 127. The molecule has 5 nitrogen and oxygen atoms in total. The van der Waals surface area contributed by atoms with E-state index in [4.69, 9.17) is 4.42 Å². The lowest BCUT2D eigenvalue weighted by atomic mass is 9.82. The molecule has 1 aliphatic heterocycles. The minimum Gasteiger partial charge on any atom is -0.443 e. The third-order valence-electron chi connectivity index (χ3n) is 5.33. The van der Waals surface area contributed by atoms with Crippen molar-refractivity contribution in [2.45, 2.75) is 52.0 Å². The molecule has 1 aromatic carbocycles. The first-order valence-corrected chi connectivity index (χ1v) is 9.84. The lowest BCUT2D eigenvalue weighted by molar-refractivity contribution is 0.234. The molecule has 0 bridgehead atoms. The van der Waals surface area contributed by atoms with Gasteiger partial charge in [-0.3, -0.25) is 4.99 Å². The average Bonchev–Trinajstić information content (AvgIpc) is 3.12. The van der Waals surface area contributed by atoms with Gasteiger partial charge in [-0.25, -0.2) is 4.98 Å². The van der Waals surface area contributed by atoms with Crippen LogP contribution in [0.2, 0.25) is 0 Å². The molecule has 2 aromatic rings. The minimum atomic E-state index is -0.0261. The maximum atomic E-state index is 5.88. The molecule has 1 aromatic heterocycles. The van der Waals surface area contributed by atoms with Gasteiger partial charge < -0.3 is 14.6 Å².